The van der Waals surface area contributed by atoms with Gasteiger partial charge in [-0.2, -0.15) is 0 Å². The lowest BCUT2D eigenvalue weighted by Crippen LogP contribution is -2.26. The van der Waals surface area contributed by atoms with E-state index in [9.17, 15) is 13.2 Å². The molecule has 0 aliphatic rings. The highest BCUT2D eigenvalue weighted by Crippen LogP contribution is 2.23. The third-order valence-corrected chi connectivity index (χ3v) is 7.01. The van der Waals surface area contributed by atoms with Crippen LogP contribution in [0.1, 0.15) is 31.2 Å². The highest BCUT2D eigenvalue weighted by molar-refractivity contribution is 7.89. The lowest BCUT2D eigenvalue weighted by Gasteiger charge is -2.18. The predicted octanol–water partition coefficient (Wildman–Crippen LogP) is 3.85. The van der Waals surface area contributed by atoms with Crippen molar-refractivity contribution in [2.24, 2.45) is 5.14 Å². The van der Waals surface area contributed by atoms with E-state index >= 15 is 0 Å². The number of carbonyl (C=O) groups excluding carboxylic acids is 1. The van der Waals surface area contributed by atoms with Gasteiger partial charge in [0.05, 0.1) is 23.0 Å². The summed E-state index contributed by atoms with van der Waals surface area (Å²) in [6.07, 6.45) is 1.65. The van der Waals surface area contributed by atoms with Crippen LogP contribution in [0, 0.1) is 0 Å². The van der Waals surface area contributed by atoms with Crippen molar-refractivity contribution in [1.82, 2.24) is 14.5 Å². The van der Waals surface area contributed by atoms with E-state index in [0.717, 1.165) is 46.4 Å². The molecule has 35 heavy (non-hydrogen) atoms. The number of hydrogen-bond acceptors (Lipinski definition) is 5. The number of sulfonamides is 1. The van der Waals surface area contributed by atoms with Crippen molar-refractivity contribution < 1.29 is 17.9 Å². The number of amides is 1. The highest BCUT2D eigenvalue weighted by atomic mass is 32.2. The number of nitrogens with two attached hydrogens (primary N) is 1. The standard InChI is InChI=1S/C26H30N4O4S/c1-4-13-30-24-10-9-22(35(27,32)33)16-23(24)28-25(30)11-12-26(31)29(2)17-18-5-6-20-15-21(34-3)8-7-19(20)14-18/h5-10,14-16H,4,11-13,17H2,1-3H3,(H2,27,32,33). The Hall–Kier alpha value is -3.43. The van der Waals surface area contributed by atoms with E-state index in [0.29, 0.717) is 24.9 Å². The van der Waals surface area contributed by atoms with Gasteiger partial charge in [-0.1, -0.05) is 25.1 Å². The van der Waals surface area contributed by atoms with Crippen LogP contribution in [0.15, 0.2) is 59.5 Å². The molecule has 0 spiro atoms. The third kappa shape index (κ3) is 5.47. The van der Waals surface area contributed by atoms with E-state index in [4.69, 9.17) is 9.88 Å². The Morgan fingerprint density at radius 2 is 1.83 bits per heavy atom. The predicted molar refractivity (Wildman–Crippen MR) is 137 cm³/mol. The fourth-order valence-corrected chi connectivity index (χ4v) is 4.80. The summed E-state index contributed by atoms with van der Waals surface area (Å²) in [5.74, 6) is 1.59. The molecule has 0 atom stereocenters. The maximum atomic E-state index is 12.9. The van der Waals surface area contributed by atoms with Gasteiger partial charge in [-0.3, -0.25) is 4.79 Å². The number of carbonyl (C=O) groups is 1. The minimum Gasteiger partial charge on any atom is -0.497 e. The van der Waals surface area contributed by atoms with Gasteiger partial charge >= 0.3 is 0 Å². The maximum absolute atomic E-state index is 12.9. The summed E-state index contributed by atoms with van der Waals surface area (Å²) in [5, 5.41) is 7.45. The molecule has 3 aromatic carbocycles. The SMILES string of the molecule is CCCn1c(CCC(=O)N(C)Cc2ccc3cc(OC)ccc3c2)nc2cc(S(N)(=O)=O)ccc21. The first-order valence-corrected chi connectivity index (χ1v) is 13.1. The van der Waals surface area contributed by atoms with Crippen molar-refractivity contribution in [3.05, 3.63) is 66.0 Å². The van der Waals surface area contributed by atoms with Crippen molar-refractivity contribution >= 4 is 37.7 Å². The lowest BCUT2D eigenvalue weighted by atomic mass is 10.1. The van der Waals surface area contributed by atoms with Crippen molar-refractivity contribution in [3.63, 3.8) is 0 Å². The molecule has 4 rings (SSSR count). The van der Waals surface area contributed by atoms with Crippen LogP contribution in [0.5, 0.6) is 5.75 Å². The smallest absolute Gasteiger partial charge is 0.238 e. The van der Waals surface area contributed by atoms with Gasteiger partial charge in [0.2, 0.25) is 15.9 Å². The third-order valence-electron chi connectivity index (χ3n) is 6.09. The summed E-state index contributed by atoms with van der Waals surface area (Å²) in [4.78, 5) is 19.3. The van der Waals surface area contributed by atoms with Crippen molar-refractivity contribution in [3.8, 4) is 5.75 Å². The summed E-state index contributed by atoms with van der Waals surface area (Å²) in [5.41, 5.74) is 2.45. The topological polar surface area (TPSA) is 108 Å². The summed E-state index contributed by atoms with van der Waals surface area (Å²) >= 11 is 0. The van der Waals surface area contributed by atoms with Crippen LogP contribution in [-0.2, 0) is 34.3 Å². The largest absolute Gasteiger partial charge is 0.497 e. The van der Waals surface area contributed by atoms with Crippen LogP contribution in [0.25, 0.3) is 21.8 Å². The Morgan fingerprint density at radius 1 is 1.09 bits per heavy atom. The minimum atomic E-state index is -3.81. The number of methoxy groups -OCH3 is 1. The number of nitrogens with zero attached hydrogens (tertiary/aromatic N) is 3. The van der Waals surface area contributed by atoms with Gasteiger partial charge < -0.3 is 14.2 Å². The molecular weight excluding hydrogens is 464 g/mol. The number of rotatable bonds is 9. The van der Waals surface area contributed by atoms with Gasteiger partial charge in [-0.15, -0.1) is 0 Å². The summed E-state index contributed by atoms with van der Waals surface area (Å²) in [6.45, 7) is 3.29. The fourth-order valence-electron chi connectivity index (χ4n) is 4.27. The molecule has 1 amide bonds. The monoisotopic (exact) mass is 494 g/mol. The molecule has 0 radical (unpaired) electrons. The molecule has 0 saturated carbocycles. The molecule has 2 N–H and O–H groups in total. The number of aromatic nitrogens is 2. The van der Waals surface area contributed by atoms with Crippen molar-refractivity contribution in [1.29, 1.82) is 0 Å². The molecule has 9 heteroatoms. The quantitative estimate of drug-likeness (QED) is 0.380. The molecule has 0 aliphatic carbocycles. The molecule has 0 saturated heterocycles. The van der Waals surface area contributed by atoms with Gasteiger partial charge in [-0.05, 0) is 59.2 Å². The lowest BCUT2D eigenvalue weighted by molar-refractivity contribution is -0.130. The van der Waals surface area contributed by atoms with Crippen LogP contribution >= 0.6 is 0 Å². The van der Waals surface area contributed by atoms with Gasteiger partial charge in [0, 0.05) is 33.0 Å². The Morgan fingerprint density at radius 3 is 2.54 bits per heavy atom. The number of ether oxygens (including phenoxy) is 1. The molecule has 0 fully saturated rings. The Labute approximate surface area is 205 Å². The zero-order valence-corrected chi connectivity index (χ0v) is 21.0. The van der Waals surface area contributed by atoms with Crippen LogP contribution in [0.3, 0.4) is 0 Å². The number of hydrogen-bond donors (Lipinski definition) is 1. The molecule has 0 unspecified atom stereocenters. The van der Waals surface area contributed by atoms with Gasteiger partial charge in [0.1, 0.15) is 11.6 Å². The van der Waals surface area contributed by atoms with Gasteiger partial charge in [0.25, 0.3) is 0 Å². The second kappa shape index (κ2) is 10.1. The minimum absolute atomic E-state index is 0.0140. The molecular formula is C26H30N4O4S. The highest BCUT2D eigenvalue weighted by Gasteiger charge is 2.17. The first-order valence-electron chi connectivity index (χ1n) is 11.5. The Bertz CT molecular complexity index is 1490. The van der Waals surface area contributed by atoms with E-state index in [1.165, 1.54) is 12.1 Å². The van der Waals surface area contributed by atoms with Crippen LogP contribution in [-0.4, -0.2) is 42.9 Å². The molecule has 1 aromatic heterocycles. The molecule has 0 aliphatic heterocycles. The molecule has 0 bridgehead atoms. The second-order valence-electron chi connectivity index (χ2n) is 8.67. The van der Waals surface area contributed by atoms with Gasteiger partial charge in [-0.25, -0.2) is 18.5 Å². The zero-order valence-electron chi connectivity index (χ0n) is 20.2. The second-order valence-corrected chi connectivity index (χ2v) is 10.2. The van der Waals surface area contributed by atoms with E-state index in [-0.39, 0.29) is 10.8 Å². The Kier molecular flexibility index (Phi) is 7.09. The summed E-state index contributed by atoms with van der Waals surface area (Å²) in [7, 11) is -0.363. The first kappa shape index (κ1) is 24.7. The fraction of sp³-hybridized carbons (Fsp3) is 0.308. The maximum Gasteiger partial charge on any atom is 0.238 e. The van der Waals surface area contributed by atoms with E-state index in [1.54, 1.807) is 25.1 Å². The summed E-state index contributed by atoms with van der Waals surface area (Å²) in [6, 6.07) is 16.8. The molecule has 1 heterocycles. The number of imidazole rings is 1. The normalized spacial score (nSPS) is 11.8. The van der Waals surface area contributed by atoms with Crippen LogP contribution < -0.4 is 9.88 Å². The first-order chi connectivity index (χ1) is 16.7. The van der Waals surface area contributed by atoms with Crippen LogP contribution in [0.2, 0.25) is 0 Å². The van der Waals surface area contributed by atoms with Crippen molar-refractivity contribution in [2.75, 3.05) is 14.2 Å². The average Bonchev–Trinajstić information content (AvgIpc) is 3.18. The number of fused-ring (bicyclic) bond motifs is 2. The van der Waals surface area contributed by atoms with E-state index < -0.39 is 10.0 Å². The zero-order chi connectivity index (χ0) is 25.2. The number of aryl methyl sites for hydroxylation is 2. The number of benzene rings is 3. The van der Waals surface area contributed by atoms with Crippen LogP contribution in [0.4, 0.5) is 0 Å². The molecule has 8 nitrogen and oxygen atoms in total. The molecule has 4 aromatic rings. The summed E-state index contributed by atoms with van der Waals surface area (Å²) < 4.78 is 30.8. The Balaban J connectivity index is 1.47. The number of primary sulfonamides is 1. The van der Waals surface area contributed by atoms with E-state index in [1.807, 2.05) is 34.9 Å². The average molecular weight is 495 g/mol. The molecule has 184 valence electrons. The van der Waals surface area contributed by atoms with Crippen molar-refractivity contribution in [2.45, 2.75) is 44.2 Å². The van der Waals surface area contributed by atoms with Gasteiger partial charge in [0.15, 0.2) is 0 Å². The van der Waals surface area contributed by atoms with E-state index in [2.05, 4.69) is 18.0 Å².